The smallest absolute Gasteiger partial charge is 0.317 e. The molecular weight excluding hydrogens is 280 g/mol. The van der Waals surface area contributed by atoms with Crippen molar-refractivity contribution in [1.29, 1.82) is 0 Å². The van der Waals surface area contributed by atoms with E-state index in [0.29, 0.717) is 24.7 Å². The first-order chi connectivity index (χ1) is 9.54. The number of aliphatic carboxylic acids is 1. The third-order valence-corrected chi connectivity index (χ3v) is 3.60. The number of halogens is 1. The van der Waals surface area contributed by atoms with Crippen LogP contribution in [-0.4, -0.2) is 35.1 Å². The van der Waals surface area contributed by atoms with Crippen LogP contribution in [0.3, 0.4) is 0 Å². The first-order valence-corrected chi connectivity index (χ1v) is 6.91. The van der Waals surface area contributed by atoms with Crippen molar-refractivity contribution in [3.63, 3.8) is 0 Å². The molecule has 2 N–H and O–H groups in total. The van der Waals surface area contributed by atoms with Crippen LogP contribution in [0.25, 0.3) is 0 Å². The first kappa shape index (κ1) is 14.7. The van der Waals surface area contributed by atoms with Crippen molar-refractivity contribution in [3.05, 3.63) is 34.9 Å². The average molecular weight is 297 g/mol. The van der Waals surface area contributed by atoms with E-state index < -0.39 is 5.97 Å². The van der Waals surface area contributed by atoms with E-state index in [9.17, 15) is 9.59 Å². The van der Waals surface area contributed by atoms with Crippen LogP contribution in [0.1, 0.15) is 18.4 Å². The third-order valence-electron chi connectivity index (χ3n) is 3.37. The Morgan fingerprint density at radius 3 is 2.95 bits per heavy atom. The lowest BCUT2D eigenvalue weighted by molar-refractivity contribution is -0.138. The summed E-state index contributed by atoms with van der Waals surface area (Å²) in [5, 5.41) is 12.2. The first-order valence-electron chi connectivity index (χ1n) is 6.53. The Kier molecular flexibility index (Phi) is 4.84. The fourth-order valence-corrected chi connectivity index (χ4v) is 2.58. The molecule has 5 nitrogen and oxygen atoms in total. The summed E-state index contributed by atoms with van der Waals surface area (Å²) in [5.74, 6) is -0.749. The number of hydrogen-bond donors (Lipinski definition) is 2. The van der Waals surface area contributed by atoms with Gasteiger partial charge < -0.3 is 15.3 Å². The van der Waals surface area contributed by atoms with Gasteiger partial charge in [-0.1, -0.05) is 23.7 Å². The number of carbonyl (C=O) groups excluding carboxylic acids is 1. The van der Waals surface area contributed by atoms with Crippen molar-refractivity contribution >= 4 is 23.6 Å². The Hall–Kier alpha value is -1.75. The van der Waals surface area contributed by atoms with Crippen LogP contribution in [0.4, 0.5) is 4.79 Å². The molecule has 1 heterocycles. The van der Waals surface area contributed by atoms with Gasteiger partial charge >= 0.3 is 12.0 Å². The van der Waals surface area contributed by atoms with Crippen molar-refractivity contribution in [2.24, 2.45) is 5.92 Å². The van der Waals surface area contributed by atoms with Crippen LogP contribution < -0.4 is 5.32 Å². The van der Waals surface area contributed by atoms with Crippen LogP contribution in [0.15, 0.2) is 24.3 Å². The number of carboxylic acid groups (broad SMARTS) is 1. The maximum atomic E-state index is 12.0. The lowest BCUT2D eigenvalue weighted by atomic mass is 10.1. The molecule has 108 valence electrons. The predicted octanol–water partition coefficient (Wildman–Crippen LogP) is 2.35. The van der Waals surface area contributed by atoms with Gasteiger partial charge in [0.2, 0.25) is 0 Å². The Labute approximate surface area is 122 Å². The van der Waals surface area contributed by atoms with E-state index in [2.05, 4.69) is 5.32 Å². The van der Waals surface area contributed by atoms with E-state index in [4.69, 9.17) is 16.7 Å². The van der Waals surface area contributed by atoms with Gasteiger partial charge in [-0.05, 0) is 30.0 Å². The third kappa shape index (κ3) is 4.13. The highest BCUT2D eigenvalue weighted by Gasteiger charge is 2.27. The zero-order chi connectivity index (χ0) is 14.5. The van der Waals surface area contributed by atoms with Crippen LogP contribution in [0, 0.1) is 5.92 Å². The maximum absolute atomic E-state index is 12.0. The number of amides is 2. The van der Waals surface area contributed by atoms with Gasteiger partial charge in [0, 0.05) is 31.1 Å². The number of urea groups is 1. The van der Waals surface area contributed by atoms with E-state index in [-0.39, 0.29) is 18.4 Å². The summed E-state index contributed by atoms with van der Waals surface area (Å²) in [6.45, 7) is 1.53. The molecule has 0 aromatic heterocycles. The van der Waals surface area contributed by atoms with Crippen molar-refractivity contribution in [1.82, 2.24) is 10.2 Å². The maximum Gasteiger partial charge on any atom is 0.317 e. The number of carbonyl (C=O) groups is 2. The second-order valence-corrected chi connectivity index (χ2v) is 5.42. The van der Waals surface area contributed by atoms with Crippen molar-refractivity contribution < 1.29 is 14.7 Å². The van der Waals surface area contributed by atoms with E-state index in [0.717, 1.165) is 12.0 Å². The predicted molar refractivity (Wildman–Crippen MR) is 75.6 cm³/mol. The molecule has 20 heavy (non-hydrogen) atoms. The normalized spacial score (nSPS) is 18.1. The molecular formula is C14H17ClN2O3. The number of benzene rings is 1. The number of carboxylic acids is 1. The lowest BCUT2D eigenvalue weighted by Crippen LogP contribution is -2.38. The monoisotopic (exact) mass is 296 g/mol. The molecule has 1 saturated heterocycles. The summed E-state index contributed by atoms with van der Waals surface area (Å²) in [4.78, 5) is 24.3. The highest BCUT2D eigenvalue weighted by molar-refractivity contribution is 6.30. The molecule has 1 aliphatic heterocycles. The summed E-state index contributed by atoms with van der Waals surface area (Å²) in [6.07, 6.45) is 0.870. The molecule has 1 atom stereocenters. The molecule has 0 bridgehead atoms. The molecule has 1 aromatic carbocycles. The Bertz CT molecular complexity index is 507. The SMILES string of the molecule is O=C(O)CC1CCN(C(=O)NCc2cccc(Cl)c2)C1. The zero-order valence-electron chi connectivity index (χ0n) is 11.0. The Morgan fingerprint density at radius 1 is 1.45 bits per heavy atom. The highest BCUT2D eigenvalue weighted by Crippen LogP contribution is 2.19. The zero-order valence-corrected chi connectivity index (χ0v) is 11.8. The molecule has 0 spiro atoms. The molecule has 1 aliphatic rings. The van der Waals surface area contributed by atoms with Gasteiger partial charge in [0.1, 0.15) is 0 Å². The summed E-state index contributed by atoms with van der Waals surface area (Å²) in [5.41, 5.74) is 0.937. The standard InChI is InChI=1S/C14H17ClN2O3/c15-12-3-1-2-10(6-12)8-16-14(20)17-5-4-11(9-17)7-13(18)19/h1-3,6,11H,4-5,7-9H2,(H,16,20)(H,18,19). The highest BCUT2D eigenvalue weighted by atomic mass is 35.5. The largest absolute Gasteiger partial charge is 0.481 e. The van der Waals surface area contributed by atoms with Crippen LogP contribution in [0.2, 0.25) is 5.02 Å². The summed E-state index contributed by atoms with van der Waals surface area (Å²) < 4.78 is 0. The summed E-state index contributed by atoms with van der Waals surface area (Å²) in [6, 6.07) is 7.16. The number of nitrogens with zero attached hydrogens (tertiary/aromatic N) is 1. The van der Waals surface area contributed by atoms with Crippen molar-refractivity contribution in [3.8, 4) is 0 Å². The van der Waals surface area contributed by atoms with Gasteiger partial charge in [-0.3, -0.25) is 4.79 Å². The van der Waals surface area contributed by atoms with Crippen LogP contribution in [-0.2, 0) is 11.3 Å². The Balaban J connectivity index is 1.80. The average Bonchev–Trinajstić information content (AvgIpc) is 2.84. The minimum absolute atomic E-state index is 0.0596. The molecule has 0 radical (unpaired) electrons. The Morgan fingerprint density at radius 2 is 2.25 bits per heavy atom. The number of rotatable bonds is 4. The van der Waals surface area contributed by atoms with E-state index >= 15 is 0 Å². The van der Waals surface area contributed by atoms with E-state index in [1.807, 2.05) is 12.1 Å². The topological polar surface area (TPSA) is 69.6 Å². The summed E-state index contributed by atoms with van der Waals surface area (Å²) in [7, 11) is 0. The van der Waals surface area contributed by atoms with Gasteiger partial charge in [0.15, 0.2) is 0 Å². The molecule has 0 aliphatic carbocycles. The lowest BCUT2D eigenvalue weighted by Gasteiger charge is -2.17. The van der Waals surface area contributed by atoms with Crippen LogP contribution >= 0.6 is 11.6 Å². The van der Waals surface area contributed by atoms with Gasteiger partial charge in [-0.2, -0.15) is 0 Å². The minimum Gasteiger partial charge on any atom is -0.481 e. The van der Waals surface area contributed by atoms with E-state index in [1.165, 1.54) is 0 Å². The number of likely N-dealkylation sites (tertiary alicyclic amines) is 1. The van der Waals surface area contributed by atoms with Gasteiger partial charge in [-0.25, -0.2) is 4.79 Å². The quantitative estimate of drug-likeness (QED) is 0.896. The molecule has 2 rings (SSSR count). The fraction of sp³-hybridized carbons (Fsp3) is 0.429. The van der Waals surface area contributed by atoms with E-state index in [1.54, 1.807) is 17.0 Å². The van der Waals surface area contributed by atoms with Gasteiger partial charge in [0.25, 0.3) is 0 Å². The molecule has 1 fully saturated rings. The number of hydrogen-bond acceptors (Lipinski definition) is 2. The second-order valence-electron chi connectivity index (χ2n) is 4.99. The van der Waals surface area contributed by atoms with Crippen molar-refractivity contribution in [2.45, 2.75) is 19.4 Å². The molecule has 0 saturated carbocycles. The van der Waals surface area contributed by atoms with Gasteiger partial charge in [0.05, 0.1) is 0 Å². The fourth-order valence-electron chi connectivity index (χ4n) is 2.37. The molecule has 6 heteroatoms. The molecule has 2 amide bonds. The van der Waals surface area contributed by atoms with Crippen LogP contribution in [0.5, 0.6) is 0 Å². The minimum atomic E-state index is -0.809. The molecule has 1 unspecified atom stereocenters. The second kappa shape index (κ2) is 6.61. The molecule has 1 aromatic rings. The number of nitrogens with one attached hydrogen (secondary N) is 1. The van der Waals surface area contributed by atoms with Gasteiger partial charge in [-0.15, -0.1) is 0 Å². The van der Waals surface area contributed by atoms with Crippen molar-refractivity contribution in [2.75, 3.05) is 13.1 Å². The summed E-state index contributed by atoms with van der Waals surface area (Å²) >= 11 is 5.88.